The lowest BCUT2D eigenvalue weighted by Gasteiger charge is -2.31. The normalized spacial score (nSPS) is 16.7. The summed E-state index contributed by atoms with van der Waals surface area (Å²) >= 11 is 0. The maximum Gasteiger partial charge on any atom is 0.0725 e. The summed E-state index contributed by atoms with van der Waals surface area (Å²) in [4.78, 5) is 1.54. The minimum absolute atomic E-state index is 0.322. The van der Waals surface area contributed by atoms with Gasteiger partial charge in [-0.1, -0.05) is 224 Å². The first-order valence-electron chi connectivity index (χ1n) is 30.9. The van der Waals surface area contributed by atoms with Gasteiger partial charge in [0.15, 0.2) is 0 Å². The first kappa shape index (κ1) is 23.4. The minimum Gasteiger partial charge on any atom is -0.310 e. The van der Waals surface area contributed by atoms with Crippen LogP contribution in [0, 0.1) is 0 Å². The molecule has 0 heterocycles. The van der Waals surface area contributed by atoms with Crippen molar-refractivity contribution in [2.24, 2.45) is 0 Å². The number of rotatable bonds is 7. The molecule has 13 rings (SSSR count). The molecule has 0 unspecified atom stereocenters. The first-order valence-corrected chi connectivity index (χ1v) is 21.4. The second-order valence-corrected chi connectivity index (χ2v) is 16.1. The summed E-state index contributed by atoms with van der Waals surface area (Å²) < 4.78 is 175. The molecule has 2 aliphatic carbocycles. The van der Waals surface area contributed by atoms with Crippen LogP contribution < -0.4 is 4.90 Å². The lowest BCUT2D eigenvalue weighted by Crippen LogP contribution is -2.25. The first-order chi connectivity index (χ1) is 40.7. The quantitative estimate of drug-likeness (QED) is 0.154. The Morgan fingerprint density at radius 3 is 1.61 bits per heavy atom. The van der Waals surface area contributed by atoms with E-state index in [4.69, 9.17) is 11.0 Å². The van der Waals surface area contributed by atoms with Crippen LogP contribution >= 0.6 is 0 Å². The third kappa shape index (κ3) is 5.80. The molecule has 11 aromatic carbocycles. The summed E-state index contributed by atoms with van der Waals surface area (Å²) in [6.07, 6.45) is 0. The standard InChI is InChI=1S/C65H43N/c1-3-18-44(19-4-1)45-34-36-47(37-35-45)64-52-25-8-7-20-46(52)38-41-58(64)57-29-12-16-33-63(57)66(50-22-5-2-6-23-50)51-24-17-21-48(42-51)49-39-40-56-55-28-11-15-32-61(55)65(62(56)43-49)59-30-13-9-26-53(59)54-27-10-14-31-60(54)65/h1-43H/i1D,3D,4D,7D,8D,12D,16D,18D,19D,20D,25D,29D,33D,34D,35D,36D,37D,38D,41D. The van der Waals surface area contributed by atoms with Crippen molar-refractivity contribution in [3.05, 3.63) is 283 Å². The highest BCUT2D eigenvalue weighted by molar-refractivity contribution is 6.07. The van der Waals surface area contributed by atoms with Gasteiger partial charge in [0.25, 0.3) is 0 Å². The highest BCUT2D eigenvalue weighted by Gasteiger charge is 2.51. The van der Waals surface area contributed by atoms with E-state index in [-0.39, 0.29) is 5.69 Å². The summed E-state index contributed by atoms with van der Waals surface area (Å²) in [6, 6.07) is 31.5. The van der Waals surface area contributed by atoms with Crippen molar-refractivity contribution in [2.45, 2.75) is 5.41 Å². The van der Waals surface area contributed by atoms with Gasteiger partial charge in [-0.25, -0.2) is 0 Å². The van der Waals surface area contributed by atoms with Gasteiger partial charge in [-0.3, -0.25) is 0 Å². The van der Waals surface area contributed by atoms with E-state index in [1.54, 1.807) is 47.4 Å². The van der Waals surface area contributed by atoms with Gasteiger partial charge < -0.3 is 4.90 Å². The Balaban J connectivity index is 1.10. The van der Waals surface area contributed by atoms with Crippen LogP contribution in [0.15, 0.2) is 260 Å². The highest BCUT2D eigenvalue weighted by Crippen LogP contribution is 2.63. The van der Waals surface area contributed by atoms with E-state index in [1.807, 2.05) is 36.4 Å². The molecular weight excluding hydrogens is 795 g/mol. The average molecular weight is 857 g/mol. The second kappa shape index (κ2) is 15.3. The molecule has 0 aromatic heterocycles. The van der Waals surface area contributed by atoms with Crippen molar-refractivity contribution >= 4 is 27.8 Å². The number of hydrogen-bond acceptors (Lipinski definition) is 1. The van der Waals surface area contributed by atoms with Gasteiger partial charge in [0.05, 0.1) is 37.1 Å². The van der Waals surface area contributed by atoms with Crippen LogP contribution in [0.1, 0.15) is 48.3 Å². The van der Waals surface area contributed by atoms with Gasteiger partial charge in [0.2, 0.25) is 0 Å². The summed E-state index contributed by atoms with van der Waals surface area (Å²) in [7, 11) is 0. The molecule has 0 amide bonds. The number of anilines is 3. The summed E-state index contributed by atoms with van der Waals surface area (Å²) in [5, 5.41) is -1.14. The van der Waals surface area contributed by atoms with Gasteiger partial charge in [0.1, 0.15) is 0 Å². The third-order valence-electron chi connectivity index (χ3n) is 12.7. The average Bonchev–Trinajstić information content (AvgIpc) is 1.60. The van der Waals surface area contributed by atoms with Crippen molar-refractivity contribution in [2.75, 3.05) is 4.90 Å². The molecule has 0 radical (unpaired) electrons. The van der Waals surface area contributed by atoms with Crippen LogP contribution in [0.3, 0.4) is 0 Å². The van der Waals surface area contributed by atoms with Gasteiger partial charge in [-0.05, 0) is 131 Å². The van der Waals surface area contributed by atoms with Crippen LogP contribution in [0.4, 0.5) is 17.1 Å². The molecule has 1 nitrogen and oxygen atoms in total. The topological polar surface area (TPSA) is 3.24 Å². The fraction of sp³-hybridized carbons (Fsp3) is 0.0154. The van der Waals surface area contributed by atoms with Gasteiger partial charge in [-0.15, -0.1) is 0 Å². The lowest BCUT2D eigenvalue weighted by atomic mass is 9.70. The fourth-order valence-electron chi connectivity index (χ4n) is 10.0. The van der Waals surface area contributed by atoms with Crippen molar-refractivity contribution < 1.29 is 26.0 Å². The number of hydrogen-bond donors (Lipinski definition) is 0. The van der Waals surface area contributed by atoms with Gasteiger partial charge in [0, 0.05) is 16.9 Å². The molecule has 0 aliphatic heterocycles. The second-order valence-electron chi connectivity index (χ2n) is 16.1. The molecule has 0 atom stereocenters. The van der Waals surface area contributed by atoms with Crippen LogP contribution in [0.5, 0.6) is 0 Å². The molecule has 0 bridgehead atoms. The van der Waals surface area contributed by atoms with E-state index in [2.05, 4.69) is 66.7 Å². The Labute approximate surface area is 412 Å². The molecule has 1 spiro atoms. The molecule has 2 aliphatic rings. The summed E-state index contributed by atoms with van der Waals surface area (Å²) in [5.74, 6) is 0. The number of benzene rings is 11. The Kier molecular flexibility index (Phi) is 5.44. The summed E-state index contributed by atoms with van der Waals surface area (Å²) in [6.45, 7) is 0. The van der Waals surface area contributed by atoms with Crippen LogP contribution in [0.25, 0.3) is 77.5 Å². The molecule has 66 heavy (non-hydrogen) atoms. The zero-order valence-electron chi connectivity index (χ0n) is 53.8. The molecule has 0 N–H and O–H groups in total. The highest BCUT2D eigenvalue weighted by atomic mass is 15.1. The Morgan fingerprint density at radius 2 is 0.879 bits per heavy atom. The zero-order valence-corrected chi connectivity index (χ0v) is 34.8. The van der Waals surface area contributed by atoms with Gasteiger partial charge >= 0.3 is 0 Å². The number of para-hydroxylation sites is 2. The minimum atomic E-state index is -0.964. The van der Waals surface area contributed by atoms with Crippen molar-refractivity contribution in [1.82, 2.24) is 0 Å². The Bertz CT molecular complexity index is 4670. The molecule has 0 saturated heterocycles. The number of nitrogens with zero attached hydrogens (tertiary/aromatic N) is 1. The molecule has 1 heteroatoms. The van der Waals surface area contributed by atoms with Crippen molar-refractivity contribution in [3.63, 3.8) is 0 Å². The Hall–Kier alpha value is -8.52. The Morgan fingerprint density at radius 1 is 0.318 bits per heavy atom. The van der Waals surface area contributed by atoms with E-state index >= 15 is 0 Å². The zero-order chi connectivity index (χ0) is 60.1. The van der Waals surface area contributed by atoms with Crippen LogP contribution in [-0.4, -0.2) is 0 Å². The van der Waals surface area contributed by atoms with E-state index in [1.165, 1.54) is 0 Å². The molecule has 308 valence electrons. The molecule has 11 aromatic rings. The van der Waals surface area contributed by atoms with E-state index in [9.17, 15) is 15.1 Å². The maximum atomic E-state index is 9.96. The molecule has 0 fully saturated rings. The van der Waals surface area contributed by atoms with Gasteiger partial charge in [-0.2, -0.15) is 0 Å². The predicted molar refractivity (Wildman–Crippen MR) is 277 cm³/mol. The van der Waals surface area contributed by atoms with E-state index in [0.29, 0.717) is 16.9 Å². The SMILES string of the molecule is [2H]c1c([2H])c([2H])c(-c2c([2H])c([2H])c(-c3c(-c4c([2H])c([2H])c([2H])c([2H])c4N(c4ccccc4)c4cccc(-c5ccc6c(c5)C5(c7ccccc7-c7ccccc75)c5ccccc5-6)c4)c([2H])c([2H])c4c([2H])c([2H])c([2H])c([2H])c34)c([2H])c2[2H])c([2H])c1[2H]. The molecular formula is C65H43N. The summed E-state index contributed by atoms with van der Waals surface area (Å²) in [5.41, 5.74) is 6.18. The van der Waals surface area contributed by atoms with Crippen LogP contribution in [-0.2, 0) is 5.41 Å². The van der Waals surface area contributed by atoms with E-state index in [0.717, 1.165) is 50.1 Å². The third-order valence-corrected chi connectivity index (χ3v) is 12.7. The fourth-order valence-corrected chi connectivity index (χ4v) is 10.0. The largest absolute Gasteiger partial charge is 0.310 e. The smallest absolute Gasteiger partial charge is 0.0725 e. The monoisotopic (exact) mass is 856 g/mol. The van der Waals surface area contributed by atoms with Crippen molar-refractivity contribution in [3.8, 4) is 66.8 Å². The maximum absolute atomic E-state index is 9.96. The van der Waals surface area contributed by atoms with Crippen molar-refractivity contribution in [1.29, 1.82) is 0 Å². The van der Waals surface area contributed by atoms with Crippen LogP contribution in [0.2, 0.25) is 0 Å². The number of fused-ring (bicyclic) bond motifs is 11. The lowest BCUT2D eigenvalue weighted by molar-refractivity contribution is 0.794. The van der Waals surface area contributed by atoms with E-state index < -0.39 is 164 Å². The predicted octanol–water partition coefficient (Wildman–Crippen LogP) is 17.3. The molecule has 0 saturated carbocycles.